The molecular formula is C12H17N3O3S. The lowest BCUT2D eigenvalue weighted by Gasteiger charge is -2.19. The third-order valence-corrected chi connectivity index (χ3v) is 4.14. The number of ether oxygens (including phenoxy) is 1. The summed E-state index contributed by atoms with van der Waals surface area (Å²) in [4.78, 5) is 0. The number of benzene rings is 1. The number of nitrogens with zero attached hydrogens (tertiary/aromatic N) is 2. The topological polar surface area (TPSA) is 82.4 Å². The Bertz CT molecular complexity index is 530. The van der Waals surface area contributed by atoms with E-state index in [0.29, 0.717) is 24.5 Å². The van der Waals surface area contributed by atoms with Crippen LogP contribution >= 0.6 is 0 Å². The molecule has 1 rings (SSSR count). The van der Waals surface area contributed by atoms with Crippen molar-refractivity contribution in [3.05, 3.63) is 24.3 Å². The number of nitriles is 1. The highest BCUT2D eigenvalue weighted by molar-refractivity contribution is 7.90. The molecule has 0 aromatic heterocycles. The first-order chi connectivity index (χ1) is 9.03. The fraction of sp³-hybridized carbons (Fsp3) is 0.417. The van der Waals surface area contributed by atoms with Crippen LogP contribution in [0.25, 0.3) is 0 Å². The largest absolute Gasteiger partial charge is 0.479 e. The van der Waals surface area contributed by atoms with E-state index in [1.807, 2.05) is 6.07 Å². The third kappa shape index (κ3) is 4.43. The number of rotatable bonds is 7. The van der Waals surface area contributed by atoms with E-state index in [4.69, 9.17) is 10.00 Å². The zero-order valence-corrected chi connectivity index (χ0v) is 11.8. The smallest absolute Gasteiger partial charge is 0.301 e. The summed E-state index contributed by atoms with van der Waals surface area (Å²) in [5.41, 5.74) is 0.455. The predicted octanol–water partition coefficient (Wildman–Crippen LogP) is 1.59. The van der Waals surface area contributed by atoms with Crippen LogP contribution in [0.3, 0.4) is 0 Å². The van der Waals surface area contributed by atoms with Gasteiger partial charge in [0.05, 0.1) is 5.69 Å². The molecular weight excluding hydrogens is 266 g/mol. The van der Waals surface area contributed by atoms with E-state index in [1.54, 1.807) is 38.1 Å². The Kier molecular flexibility index (Phi) is 5.60. The highest BCUT2D eigenvalue weighted by Gasteiger charge is 2.17. The average molecular weight is 283 g/mol. The van der Waals surface area contributed by atoms with Crippen molar-refractivity contribution in [3.63, 3.8) is 0 Å². The van der Waals surface area contributed by atoms with Crippen LogP contribution in [0.1, 0.15) is 13.8 Å². The maximum atomic E-state index is 12.0. The molecule has 0 saturated heterocycles. The highest BCUT2D eigenvalue weighted by atomic mass is 32.2. The zero-order valence-electron chi connectivity index (χ0n) is 11.0. The zero-order chi connectivity index (χ0) is 14.3. The van der Waals surface area contributed by atoms with Crippen LogP contribution in [0.5, 0.6) is 5.75 Å². The number of hydrogen-bond acceptors (Lipinski definition) is 4. The van der Waals surface area contributed by atoms with Crippen LogP contribution < -0.4 is 9.46 Å². The van der Waals surface area contributed by atoms with Gasteiger partial charge in [0.1, 0.15) is 11.8 Å². The van der Waals surface area contributed by atoms with Gasteiger partial charge in [-0.05, 0) is 24.3 Å². The van der Waals surface area contributed by atoms with Gasteiger partial charge in [-0.2, -0.15) is 18.0 Å². The molecule has 0 aliphatic heterocycles. The third-order valence-electron chi connectivity index (χ3n) is 2.45. The molecule has 0 spiro atoms. The second-order valence-corrected chi connectivity index (χ2v) is 5.33. The van der Waals surface area contributed by atoms with E-state index in [1.165, 1.54) is 4.31 Å². The Morgan fingerprint density at radius 2 is 1.84 bits per heavy atom. The molecule has 0 aliphatic rings. The van der Waals surface area contributed by atoms with E-state index in [9.17, 15) is 8.42 Å². The molecule has 1 aromatic rings. The van der Waals surface area contributed by atoms with Crippen molar-refractivity contribution in [3.8, 4) is 11.8 Å². The van der Waals surface area contributed by atoms with Gasteiger partial charge in [0.2, 0.25) is 0 Å². The Morgan fingerprint density at radius 1 is 1.26 bits per heavy atom. The Morgan fingerprint density at radius 3 is 2.32 bits per heavy atom. The first kappa shape index (κ1) is 15.3. The van der Waals surface area contributed by atoms with Crippen LogP contribution in [0.15, 0.2) is 24.3 Å². The van der Waals surface area contributed by atoms with Crippen molar-refractivity contribution in [1.82, 2.24) is 4.31 Å². The van der Waals surface area contributed by atoms with Gasteiger partial charge in [0.15, 0.2) is 6.61 Å². The van der Waals surface area contributed by atoms with Crippen molar-refractivity contribution >= 4 is 15.9 Å². The molecule has 1 aromatic carbocycles. The van der Waals surface area contributed by atoms with Gasteiger partial charge in [-0.25, -0.2) is 0 Å². The average Bonchev–Trinajstić information content (AvgIpc) is 2.38. The molecule has 104 valence electrons. The molecule has 0 unspecified atom stereocenters. The van der Waals surface area contributed by atoms with Gasteiger partial charge in [0, 0.05) is 13.1 Å². The van der Waals surface area contributed by atoms with Crippen LogP contribution in [0.2, 0.25) is 0 Å². The second kappa shape index (κ2) is 6.97. The molecule has 0 bridgehead atoms. The van der Waals surface area contributed by atoms with Gasteiger partial charge >= 0.3 is 10.2 Å². The minimum absolute atomic E-state index is 0.0372. The number of hydrogen-bond donors (Lipinski definition) is 1. The van der Waals surface area contributed by atoms with Gasteiger partial charge < -0.3 is 4.74 Å². The summed E-state index contributed by atoms with van der Waals surface area (Å²) in [6, 6.07) is 8.26. The summed E-state index contributed by atoms with van der Waals surface area (Å²) >= 11 is 0. The minimum atomic E-state index is -3.52. The quantitative estimate of drug-likeness (QED) is 0.823. The van der Waals surface area contributed by atoms with Crippen molar-refractivity contribution in [1.29, 1.82) is 5.26 Å². The SMILES string of the molecule is CCN(CC)S(=O)(=O)Nc1ccc(OCC#N)cc1. The van der Waals surface area contributed by atoms with Crippen molar-refractivity contribution < 1.29 is 13.2 Å². The van der Waals surface area contributed by atoms with Crippen molar-refractivity contribution in [2.45, 2.75) is 13.8 Å². The maximum absolute atomic E-state index is 12.0. The van der Waals surface area contributed by atoms with Crippen LogP contribution in [0.4, 0.5) is 5.69 Å². The lowest BCUT2D eigenvalue weighted by molar-refractivity contribution is 0.368. The van der Waals surface area contributed by atoms with Gasteiger partial charge in [0.25, 0.3) is 0 Å². The molecule has 0 fully saturated rings. The summed E-state index contributed by atoms with van der Waals surface area (Å²) < 4.78 is 32.8. The molecule has 0 amide bonds. The van der Waals surface area contributed by atoms with E-state index < -0.39 is 10.2 Å². The lowest BCUT2D eigenvalue weighted by atomic mass is 10.3. The van der Waals surface area contributed by atoms with Gasteiger partial charge in [-0.1, -0.05) is 13.8 Å². The summed E-state index contributed by atoms with van der Waals surface area (Å²) in [6.07, 6.45) is 0. The summed E-state index contributed by atoms with van der Waals surface area (Å²) in [7, 11) is -3.52. The first-order valence-electron chi connectivity index (χ1n) is 5.91. The van der Waals surface area contributed by atoms with Crippen LogP contribution in [-0.2, 0) is 10.2 Å². The van der Waals surface area contributed by atoms with E-state index in [-0.39, 0.29) is 6.61 Å². The summed E-state index contributed by atoms with van der Waals surface area (Å²) in [6.45, 7) is 4.35. The van der Waals surface area contributed by atoms with Gasteiger partial charge in [-0.3, -0.25) is 4.72 Å². The van der Waals surface area contributed by atoms with E-state index in [2.05, 4.69) is 4.72 Å². The Labute approximate surface area is 113 Å². The lowest BCUT2D eigenvalue weighted by Crippen LogP contribution is -2.35. The molecule has 0 aliphatic carbocycles. The molecule has 19 heavy (non-hydrogen) atoms. The summed E-state index contributed by atoms with van der Waals surface area (Å²) in [5, 5.41) is 8.38. The standard InChI is InChI=1S/C12H17N3O3S/c1-3-15(4-2)19(16,17)14-11-5-7-12(8-6-11)18-10-9-13/h5-8,14H,3-4,10H2,1-2H3. The van der Waals surface area contributed by atoms with Crippen molar-refractivity contribution in [2.24, 2.45) is 0 Å². The molecule has 7 heteroatoms. The fourth-order valence-corrected chi connectivity index (χ4v) is 2.75. The van der Waals surface area contributed by atoms with E-state index in [0.717, 1.165) is 0 Å². The molecule has 0 heterocycles. The van der Waals surface area contributed by atoms with Crippen LogP contribution in [0, 0.1) is 11.3 Å². The van der Waals surface area contributed by atoms with Crippen LogP contribution in [-0.4, -0.2) is 32.4 Å². The highest BCUT2D eigenvalue weighted by Crippen LogP contribution is 2.17. The van der Waals surface area contributed by atoms with Gasteiger partial charge in [-0.15, -0.1) is 0 Å². The minimum Gasteiger partial charge on any atom is -0.479 e. The molecule has 6 nitrogen and oxygen atoms in total. The maximum Gasteiger partial charge on any atom is 0.301 e. The molecule has 1 N–H and O–H groups in total. The molecule has 0 radical (unpaired) electrons. The second-order valence-electron chi connectivity index (χ2n) is 3.66. The first-order valence-corrected chi connectivity index (χ1v) is 7.35. The monoisotopic (exact) mass is 283 g/mol. The predicted molar refractivity (Wildman–Crippen MR) is 73.0 cm³/mol. The normalized spacial score (nSPS) is 11.1. The summed E-state index contributed by atoms with van der Waals surface area (Å²) in [5.74, 6) is 0.521. The number of anilines is 1. The van der Waals surface area contributed by atoms with Crippen molar-refractivity contribution in [2.75, 3.05) is 24.4 Å². The molecule has 0 saturated carbocycles. The number of nitrogens with one attached hydrogen (secondary N) is 1. The molecule has 0 atom stereocenters. The fourth-order valence-electron chi connectivity index (χ4n) is 1.51. The Hall–Kier alpha value is -1.78. The van der Waals surface area contributed by atoms with E-state index >= 15 is 0 Å². The Balaban J connectivity index is 2.75.